The number of H-pyrrole nitrogens is 1. The summed E-state index contributed by atoms with van der Waals surface area (Å²) in [7, 11) is 0. The lowest BCUT2D eigenvalue weighted by Gasteiger charge is -2.21. The molecule has 0 bridgehead atoms. The quantitative estimate of drug-likeness (QED) is 0.526. The zero-order valence-electron chi connectivity index (χ0n) is 17.8. The molecule has 0 saturated carbocycles. The van der Waals surface area contributed by atoms with Crippen LogP contribution < -0.4 is 11.2 Å². The van der Waals surface area contributed by atoms with Crippen LogP contribution in [-0.4, -0.2) is 19.5 Å². The Morgan fingerprint density at radius 2 is 1.73 bits per heavy atom. The fourth-order valence-electron chi connectivity index (χ4n) is 3.69. The number of aryl methyl sites for hydroxylation is 3. The Bertz CT molecular complexity index is 1290. The van der Waals surface area contributed by atoms with Gasteiger partial charge in [0.15, 0.2) is 11.5 Å². The molecule has 0 radical (unpaired) electrons. The van der Waals surface area contributed by atoms with Gasteiger partial charge in [0.05, 0.1) is 11.0 Å². The molecule has 154 valence electrons. The van der Waals surface area contributed by atoms with E-state index in [2.05, 4.69) is 73.0 Å². The Morgan fingerprint density at radius 1 is 1.00 bits per heavy atom. The van der Waals surface area contributed by atoms with E-state index in [-0.39, 0.29) is 11.1 Å². The van der Waals surface area contributed by atoms with Crippen LogP contribution in [0.4, 0.5) is 0 Å². The van der Waals surface area contributed by atoms with E-state index in [0.29, 0.717) is 12.4 Å². The average molecular weight is 402 g/mol. The third-order valence-electron chi connectivity index (χ3n) is 5.44. The van der Waals surface area contributed by atoms with Crippen LogP contribution in [0.2, 0.25) is 0 Å². The molecule has 30 heavy (non-hydrogen) atoms. The molecule has 2 aromatic carbocycles. The van der Waals surface area contributed by atoms with E-state index >= 15 is 0 Å². The minimum Gasteiger partial charge on any atom is -0.322 e. The molecule has 2 aromatic rings. The number of nitrogens with one attached hydrogen (secondary N) is 1. The fourth-order valence-corrected chi connectivity index (χ4v) is 3.69. The molecule has 1 N–H and O–H groups in total. The fraction of sp³-hybridized carbons (Fsp3) is 0.333. The Labute approximate surface area is 175 Å². The van der Waals surface area contributed by atoms with Crippen LogP contribution >= 0.6 is 0 Å². The van der Waals surface area contributed by atoms with Gasteiger partial charge in [0.2, 0.25) is 0 Å². The molecular weight excluding hydrogens is 376 g/mol. The highest BCUT2D eigenvalue weighted by atomic mass is 16.2. The summed E-state index contributed by atoms with van der Waals surface area (Å²) in [6, 6.07) is 14.6. The number of hydrogen-bond acceptors (Lipinski definition) is 4. The van der Waals surface area contributed by atoms with Crippen LogP contribution in [0.15, 0.2) is 52.1 Å². The topological polar surface area (TPSA) is 80.6 Å². The summed E-state index contributed by atoms with van der Waals surface area (Å²) in [5.41, 5.74) is 4.25. The summed E-state index contributed by atoms with van der Waals surface area (Å²) in [4.78, 5) is 35.2. The molecule has 0 spiro atoms. The van der Waals surface area contributed by atoms with Crippen molar-refractivity contribution in [3.05, 3.63) is 80.0 Å². The predicted molar refractivity (Wildman–Crippen MR) is 119 cm³/mol. The molecule has 6 heteroatoms. The van der Waals surface area contributed by atoms with Crippen LogP contribution in [-0.2, 0) is 18.4 Å². The van der Waals surface area contributed by atoms with Crippen molar-refractivity contribution in [2.75, 3.05) is 0 Å². The summed E-state index contributed by atoms with van der Waals surface area (Å²) < 4.78 is 1.95. The number of benzene rings is 2. The second kappa shape index (κ2) is 7.52. The molecule has 0 amide bonds. The van der Waals surface area contributed by atoms with Gasteiger partial charge in [0, 0.05) is 6.54 Å². The lowest BCUT2D eigenvalue weighted by molar-refractivity contribution is 0.590. The highest BCUT2D eigenvalue weighted by Gasteiger charge is 2.20. The minimum absolute atomic E-state index is 0.0371. The Hall–Kier alpha value is -3.28. The molecule has 0 fully saturated rings. The third-order valence-corrected chi connectivity index (χ3v) is 5.44. The number of aromatic amines is 1. The summed E-state index contributed by atoms with van der Waals surface area (Å²) in [6.45, 7) is 9.13. The zero-order chi connectivity index (χ0) is 21.5. The second-order valence-corrected chi connectivity index (χ2v) is 8.85. The zero-order valence-corrected chi connectivity index (χ0v) is 17.8. The van der Waals surface area contributed by atoms with E-state index in [1.807, 2.05) is 16.7 Å². The van der Waals surface area contributed by atoms with Crippen molar-refractivity contribution >= 4 is 11.0 Å². The van der Waals surface area contributed by atoms with Gasteiger partial charge in [-0.1, -0.05) is 56.7 Å². The first-order valence-corrected chi connectivity index (χ1v) is 10.2. The molecule has 0 aliphatic carbocycles. The van der Waals surface area contributed by atoms with Crippen molar-refractivity contribution in [3.8, 4) is 11.5 Å². The monoisotopic (exact) mass is 402 g/mol. The smallest absolute Gasteiger partial charge is 0.322 e. The van der Waals surface area contributed by atoms with Crippen molar-refractivity contribution in [1.29, 1.82) is 0 Å². The van der Waals surface area contributed by atoms with Gasteiger partial charge in [-0.15, -0.1) is 0 Å². The SMILES string of the molecule is Cc1ccc(CCCn2c3nc(=O)[nH]c(=O)c-3nc3cc(C(C)(C)C)ccc32)cc1. The first kappa shape index (κ1) is 20.0. The summed E-state index contributed by atoms with van der Waals surface area (Å²) in [5.74, 6) is 0.337. The van der Waals surface area contributed by atoms with Gasteiger partial charge in [-0.25, -0.2) is 9.78 Å². The average Bonchev–Trinajstić information content (AvgIpc) is 2.68. The molecule has 0 unspecified atom stereocenters. The first-order chi connectivity index (χ1) is 14.2. The van der Waals surface area contributed by atoms with Crippen molar-refractivity contribution in [2.45, 2.75) is 52.5 Å². The van der Waals surface area contributed by atoms with Crippen molar-refractivity contribution < 1.29 is 0 Å². The maximum Gasteiger partial charge on any atom is 0.349 e. The maximum atomic E-state index is 12.4. The Balaban J connectivity index is 1.80. The molecule has 4 rings (SSSR count). The number of aromatic nitrogens is 4. The van der Waals surface area contributed by atoms with Crippen LogP contribution in [0.3, 0.4) is 0 Å². The van der Waals surface area contributed by atoms with Gasteiger partial charge in [-0.2, -0.15) is 4.98 Å². The molecule has 2 aliphatic heterocycles. The van der Waals surface area contributed by atoms with Crippen molar-refractivity contribution in [1.82, 2.24) is 19.5 Å². The number of nitrogens with zero attached hydrogens (tertiary/aromatic N) is 3. The third kappa shape index (κ3) is 3.90. The van der Waals surface area contributed by atoms with Gasteiger partial charge < -0.3 is 4.57 Å². The molecule has 2 aliphatic rings. The van der Waals surface area contributed by atoms with Crippen LogP contribution in [0.25, 0.3) is 22.6 Å². The number of fused-ring (bicyclic) bond motifs is 2. The van der Waals surface area contributed by atoms with Crippen LogP contribution in [0, 0.1) is 6.92 Å². The summed E-state index contributed by atoms with van der Waals surface area (Å²) in [6.07, 6.45) is 1.75. The standard InChI is InChI=1S/C24H26N4O2/c1-15-7-9-16(10-8-15)6-5-13-28-19-12-11-17(24(2,3)4)14-18(19)25-20-21(28)26-23(30)27-22(20)29/h7-12,14H,5-6,13H2,1-4H3,(H,27,29,30). The molecule has 0 atom stereocenters. The summed E-state index contributed by atoms with van der Waals surface area (Å²) in [5, 5.41) is 0. The van der Waals surface area contributed by atoms with E-state index in [9.17, 15) is 9.59 Å². The minimum atomic E-state index is -0.646. The second-order valence-electron chi connectivity index (χ2n) is 8.85. The van der Waals surface area contributed by atoms with Gasteiger partial charge in [0.25, 0.3) is 5.56 Å². The van der Waals surface area contributed by atoms with Crippen molar-refractivity contribution in [3.63, 3.8) is 0 Å². The lowest BCUT2D eigenvalue weighted by Crippen LogP contribution is -2.29. The number of rotatable bonds is 4. The van der Waals surface area contributed by atoms with Gasteiger partial charge in [-0.3, -0.25) is 9.78 Å². The van der Waals surface area contributed by atoms with E-state index in [1.54, 1.807) is 0 Å². The highest BCUT2D eigenvalue weighted by Crippen LogP contribution is 2.28. The molecule has 0 aromatic heterocycles. The van der Waals surface area contributed by atoms with Crippen LogP contribution in [0.1, 0.15) is 43.9 Å². The van der Waals surface area contributed by atoms with Gasteiger partial charge in [-0.05, 0) is 48.4 Å². The molecule has 6 nitrogen and oxygen atoms in total. The van der Waals surface area contributed by atoms with E-state index < -0.39 is 11.2 Å². The van der Waals surface area contributed by atoms with Crippen molar-refractivity contribution in [2.24, 2.45) is 0 Å². The Kier molecular flexibility index (Phi) is 5.02. The largest absolute Gasteiger partial charge is 0.349 e. The molecule has 0 saturated heterocycles. The number of hydrogen-bond donors (Lipinski definition) is 1. The molecule has 2 heterocycles. The maximum absolute atomic E-state index is 12.4. The molecular formula is C24H26N4O2. The van der Waals surface area contributed by atoms with E-state index in [1.165, 1.54) is 11.1 Å². The predicted octanol–water partition coefficient (Wildman–Crippen LogP) is 3.82. The summed E-state index contributed by atoms with van der Waals surface area (Å²) >= 11 is 0. The normalized spacial score (nSPS) is 12.0. The van der Waals surface area contributed by atoms with E-state index in [4.69, 9.17) is 0 Å². The first-order valence-electron chi connectivity index (χ1n) is 10.2. The van der Waals surface area contributed by atoms with Gasteiger partial charge in [0.1, 0.15) is 0 Å². The Morgan fingerprint density at radius 3 is 2.43 bits per heavy atom. The van der Waals surface area contributed by atoms with Gasteiger partial charge >= 0.3 is 5.69 Å². The van der Waals surface area contributed by atoms with Crippen LogP contribution in [0.5, 0.6) is 0 Å². The lowest BCUT2D eigenvalue weighted by atomic mass is 9.87. The van der Waals surface area contributed by atoms with E-state index in [0.717, 1.165) is 29.4 Å². The highest BCUT2D eigenvalue weighted by molar-refractivity contribution is 5.80.